The lowest BCUT2D eigenvalue weighted by Crippen LogP contribution is -2.19. The molecule has 0 spiro atoms. The summed E-state index contributed by atoms with van der Waals surface area (Å²) in [4.78, 5) is 11.7. The number of rotatable bonds is 1. The summed E-state index contributed by atoms with van der Waals surface area (Å²) >= 11 is 0. The Balaban J connectivity index is 2.92. The lowest BCUT2D eigenvalue weighted by molar-refractivity contribution is 0.908. The fourth-order valence-corrected chi connectivity index (χ4v) is 1.60. The molecule has 14 heavy (non-hydrogen) atoms. The van der Waals surface area contributed by atoms with Crippen molar-refractivity contribution in [2.45, 2.75) is 0 Å². The van der Waals surface area contributed by atoms with Crippen molar-refractivity contribution in [3.8, 4) is 0 Å². The number of aryl methyl sites for hydroxylation is 1. The maximum Gasteiger partial charge on any atom is 0.274 e. The van der Waals surface area contributed by atoms with E-state index in [4.69, 9.17) is 0 Å². The summed E-state index contributed by atoms with van der Waals surface area (Å²) in [6.07, 6.45) is 0. The van der Waals surface area contributed by atoms with E-state index >= 15 is 0 Å². The summed E-state index contributed by atoms with van der Waals surface area (Å²) < 4.78 is 1.65. The monoisotopic (exact) mass is 188 g/mol. The Kier molecular flexibility index (Phi) is 2.00. The highest BCUT2D eigenvalue weighted by Gasteiger charge is 2.03. The normalized spacial score (nSPS) is 10.4. The minimum Gasteiger partial charge on any atom is -0.384 e. The van der Waals surface area contributed by atoms with Crippen molar-refractivity contribution in [1.82, 2.24) is 4.57 Å². The zero-order valence-electron chi connectivity index (χ0n) is 8.24. The Labute approximate surface area is 82.0 Å². The number of pyridine rings is 1. The Hall–Kier alpha value is -1.77. The first-order valence-corrected chi connectivity index (χ1v) is 4.50. The van der Waals surface area contributed by atoms with Gasteiger partial charge in [0.1, 0.15) is 5.69 Å². The number of para-hydroxylation sites is 1. The number of nitrogens with zero attached hydrogens (tertiary/aromatic N) is 1. The number of fused-ring (bicyclic) bond motifs is 1. The average molecular weight is 188 g/mol. The van der Waals surface area contributed by atoms with Crippen molar-refractivity contribution in [3.05, 3.63) is 40.7 Å². The third-order valence-corrected chi connectivity index (χ3v) is 2.40. The molecular weight excluding hydrogens is 176 g/mol. The molecule has 0 radical (unpaired) electrons. The fraction of sp³-hybridized carbons (Fsp3) is 0.182. The van der Waals surface area contributed by atoms with E-state index in [1.165, 1.54) is 0 Å². The molecule has 1 N–H and O–H groups in total. The van der Waals surface area contributed by atoms with E-state index in [0.717, 1.165) is 10.9 Å². The van der Waals surface area contributed by atoms with Gasteiger partial charge in [-0.2, -0.15) is 0 Å². The van der Waals surface area contributed by atoms with Crippen molar-refractivity contribution < 1.29 is 0 Å². The average Bonchev–Trinajstić information content (AvgIpc) is 2.23. The Morgan fingerprint density at radius 1 is 1.29 bits per heavy atom. The van der Waals surface area contributed by atoms with Gasteiger partial charge in [0, 0.05) is 19.5 Å². The van der Waals surface area contributed by atoms with Crippen molar-refractivity contribution in [1.29, 1.82) is 0 Å². The highest BCUT2D eigenvalue weighted by molar-refractivity contribution is 5.82. The van der Waals surface area contributed by atoms with Crippen molar-refractivity contribution in [3.63, 3.8) is 0 Å². The summed E-state index contributed by atoms with van der Waals surface area (Å²) in [5.41, 5.74) is 1.59. The Bertz CT molecular complexity index is 528. The van der Waals surface area contributed by atoms with Gasteiger partial charge >= 0.3 is 0 Å². The first-order chi connectivity index (χ1) is 6.74. The van der Waals surface area contributed by atoms with E-state index < -0.39 is 0 Å². The molecule has 72 valence electrons. The van der Waals surface area contributed by atoms with E-state index in [-0.39, 0.29) is 5.56 Å². The lowest BCUT2D eigenvalue weighted by Gasteiger charge is -2.07. The van der Waals surface area contributed by atoms with Gasteiger partial charge in [-0.3, -0.25) is 4.79 Å². The minimum atomic E-state index is 0.00574. The quantitative estimate of drug-likeness (QED) is 0.737. The zero-order valence-corrected chi connectivity index (χ0v) is 8.24. The third kappa shape index (κ3) is 1.18. The minimum absolute atomic E-state index is 0.00574. The van der Waals surface area contributed by atoms with Crippen LogP contribution in [0.4, 0.5) is 5.69 Å². The van der Waals surface area contributed by atoms with Crippen molar-refractivity contribution in [2.24, 2.45) is 7.05 Å². The van der Waals surface area contributed by atoms with Crippen LogP contribution in [0, 0.1) is 0 Å². The van der Waals surface area contributed by atoms with Gasteiger partial charge in [-0.05, 0) is 12.1 Å². The van der Waals surface area contributed by atoms with E-state index in [1.54, 1.807) is 18.7 Å². The van der Waals surface area contributed by atoms with Crippen molar-refractivity contribution in [2.75, 3.05) is 12.4 Å². The summed E-state index contributed by atoms with van der Waals surface area (Å²) in [5, 5.41) is 3.96. The van der Waals surface area contributed by atoms with Crippen LogP contribution >= 0.6 is 0 Å². The molecule has 0 fully saturated rings. The topological polar surface area (TPSA) is 34.0 Å². The van der Waals surface area contributed by atoms with Crippen molar-refractivity contribution >= 4 is 16.6 Å². The predicted octanol–water partition coefficient (Wildman–Crippen LogP) is 1.58. The number of anilines is 1. The smallest absolute Gasteiger partial charge is 0.274 e. The van der Waals surface area contributed by atoms with Gasteiger partial charge in [-0.1, -0.05) is 18.2 Å². The maximum atomic E-state index is 11.7. The zero-order chi connectivity index (χ0) is 10.1. The molecule has 3 heteroatoms. The van der Waals surface area contributed by atoms with E-state index in [0.29, 0.717) is 5.69 Å². The molecule has 0 aliphatic heterocycles. The third-order valence-electron chi connectivity index (χ3n) is 2.40. The van der Waals surface area contributed by atoms with Crippen LogP contribution in [-0.2, 0) is 7.05 Å². The van der Waals surface area contributed by atoms with Crippen LogP contribution in [0.15, 0.2) is 35.1 Å². The molecule has 2 aromatic rings. The second kappa shape index (κ2) is 3.18. The van der Waals surface area contributed by atoms with Crippen LogP contribution in [0.3, 0.4) is 0 Å². The number of aromatic nitrogens is 1. The lowest BCUT2D eigenvalue weighted by atomic mass is 10.2. The molecule has 0 aliphatic carbocycles. The van der Waals surface area contributed by atoms with E-state index in [1.807, 2.05) is 30.3 Å². The molecule has 2 rings (SSSR count). The van der Waals surface area contributed by atoms with Gasteiger partial charge < -0.3 is 9.88 Å². The molecule has 3 nitrogen and oxygen atoms in total. The van der Waals surface area contributed by atoms with Crippen LogP contribution in [-0.4, -0.2) is 11.6 Å². The molecule has 1 aromatic heterocycles. The van der Waals surface area contributed by atoms with Crippen LogP contribution in [0.5, 0.6) is 0 Å². The second-order valence-corrected chi connectivity index (χ2v) is 3.23. The highest BCUT2D eigenvalue weighted by Crippen LogP contribution is 2.13. The first kappa shape index (κ1) is 8.81. The largest absolute Gasteiger partial charge is 0.384 e. The van der Waals surface area contributed by atoms with Crippen LogP contribution in [0.2, 0.25) is 0 Å². The molecule has 0 bridgehead atoms. The van der Waals surface area contributed by atoms with Gasteiger partial charge in [0.2, 0.25) is 0 Å². The van der Waals surface area contributed by atoms with Gasteiger partial charge in [0.25, 0.3) is 5.56 Å². The molecule has 0 unspecified atom stereocenters. The molecule has 1 aromatic carbocycles. The molecule has 0 saturated heterocycles. The molecule has 0 atom stereocenters. The number of hydrogen-bond donors (Lipinski definition) is 1. The summed E-state index contributed by atoms with van der Waals surface area (Å²) in [6, 6.07) is 9.70. The predicted molar refractivity (Wildman–Crippen MR) is 58.7 cm³/mol. The maximum absolute atomic E-state index is 11.7. The standard InChI is InChI=1S/C11H12N2O/c1-12-9-7-8-5-3-4-6-10(8)13(2)11(9)14/h3-7,12H,1-2H3. The number of benzene rings is 1. The summed E-state index contributed by atoms with van der Waals surface area (Å²) in [6.45, 7) is 0. The van der Waals surface area contributed by atoms with Gasteiger partial charge in [0.05, 0.1) is 5.52 Å². The van der Waals surface area contributed by atoms with Crippen LogP contribution < -0.4 is 10.9 Å². The van der Waals surface area contributed by atoms with Gasteiger partial charge in [0.15, 0.2) is 0 Å². The molecule has 0 saturated carbocycles. The molecule has 1 heterocycles. The van der Waals surface area contributed by atoms with E-state index in [9.17, 15) is 4.79 Å². The fourth-order valence-electron chi connectivity index (χ4n) is 1.60. The van der Waals surface area contributed by atoms with Gasteiger partial charge in [-0.25, -0.2) is 0 Å². The second-order valence-electron chi connectivity index (χ2n) is 3.23. The number of nitrogens with one attached hydrogen (secondary N) is 1. The Morgan fingerprint density at radius 2 is 2.00 bits per heavy atom. The highest BCUT2D eigenvalue weighted by atomic mass is 16.1. The SMILES string of the molecule is CNc1cc2ccccc2n(C)c1=O. The number of hydrogen-bond acceptors (Lipinski definition) is 2. The van der Waals surface area contributed by atoms with E-state index in [2.05, 4.69) is 5.32 Å². The first-order valence-electron chi connectivity index (χ1n) is 4.50. The molecular formula is C11H12N2O. The van der Waals surface area contributed by atoms with Gasteiger partial charge in [-0.15, -0.1) is 0 Å². The Morgan fingerprint density at radius 3 is 2.71 bits per heavy atom. The summed E-state index contributed by atoms with van der Waals surface area (Å²) in [7, 11) is 3.54. The molecule has 0 amide bonds. The van der Waals surface area contributed by atoms with Crippen LogP contribution in [0.25, 0.3) is 10.9 Å². The van der Waals surface area contributed by atoms with Crippen LogP contribution in [0.1, 0.15) is 0 Å². The molecule has 0 aliphatic rings. The summed E-state index contributed by atoms with van der Waals surface area (Å²) in [5.74, 6) is 0.